The molecular weight excluding hydrogens is 236 g/mol. The van der Waals surface area contributed by atoms with Crippen molar-refractivity contribution in [3.8, 4) is 0 Å². The lowest BCUT2D eigenvalue weighted by Crippen LogP contribution is -2.43. The molecule has 1 aliphatic carbocycles. The van der Waals surface area contributed by atoms with E-state index < -0.39 is 0 Å². The summed E-state index contributed by atoms with van der Waals surface area (Å²) >= 11 is 1.30. The molecule has 5 heteroatoms. The van der Waals surface area contributed by atoms with Crippen molar-refractivity contribution in [2.24, 2.45) is 11.7 Å². The zero-order valence-corrected chi connectivity index (χ0v) is 11.5. The minimum Gasteiger partial charge on any atom is -0.369 e. The summed E-state index contributed by atoms with van der Waals surface area (Å²) < 4.78 is 0. The van der Waals surface area contributed by atoms with Crippen molar-refractivity contribution < 1.29 is 9.59 Å². The van der Waals surface area contributed by atoms with Gasteiger partial charge in [0.25, 0.3) is 0 Å². The van der Waals surface area contributed by atoms with Gasteiger partial charge in [-0.15, -0.1) is 11.8 Å². The van der Waals surface area contributed by atoms with Crippen LogP contribution in [-0.2, 0) is 9.59 Å². The van der Waals surface area contributed by atoms with E-state index in [0.29, 0.717) is 17.7 Å². The molecule has 1 saturated carbocycles. The highest BCUT2D eigenvalue weighted by Crippen LogP contribution is 2.27. The highest BCUT2D eigenvalue weighted by atomic mass is 32.2. The molecule has 2 N–H and O–H groups in total. The Balaban J connectivity index is 2.37. The second-order valence-corrected chi connectivity index (χ2v) is 5.78. The summed E-state index contributed by atoms with van der Waals surface area (Å²) in [6, 6.07) is 0.366. The molecule has 98 valence electrons. The van der Waals surface area contributed by atoms with Crippen molar-refractivity contribution in [1.29, 1.82) is 0 Å². The first kappa shape index (κ1) is 14.4. The topological polar surface area (TPSA) is 63.4 Å². The summed E-state index contributed by atoms with van der Waals surface area (Å²) in [7, 11) is 1.87. The molecule has 2 amide bonds. The standard InChI is InChI=1S/C12H22N2O2S/c1-9-5-3-4-6-10(9)14(2)12(16)8-17-7-11(13)15/h9-10H,3-8H2,1-2H3,(H2,13,15)/t9-,10+/m1/s1. The minimum absolute atomic E-state index is 0.106. The average Bonchev–Trinajstić information content (AvgIpc) is 2.28. The molecule has 0 saturated heterocycles. The molecule has 0 unspecified atom stereocenters. The van der Waals surface area contributed by atoms with Gasteiger partial charge in [-0.05, 0) is 18.8 Å². The molecule has 0 heterocycles. The van der Waals surface area contributed by atoms with Gasteiger partial charge in [0.05, 0.1) is 11.5 Å². The van der Waals surface area contributed by atoms with Gasteiger partial charge in [0, 0.05) is 13.1 Å². The van der Waals surface area contributed by atoms with Crippen LogP contribution in [0.1, 0.15) is 32.6 Å². The summed E-state index contributed by atoms with van der Waals surface area (Å²) in [6.07, 6.45) is 4.79. The summed E-state index contributed by atoms with van der Waals surface area (Å²) in [4.78, 5) is 24.4. The Morgan fingerprint density at radius 1 is 1.29 bits per heavy atom. The maximum atomic E-state index is 11.9. The highest BCUT2D eigenvalue weighted by Gasteiger charge is 2.27. The van der Waals surface area contributed by atoms with Crippen LogP contribution in [0.2, 0.25) is 0 Å². The Morgan fingerprint density at radius 3 is 2.53 bits per heavy atom. The van der Waals surface area contributed by atoms with Crippen molar-refractivity contribution in [3.05, 3.63) is 0 Å². The van der Waals surface area contributed by atoms with Gasteiger partial charge < -0.3 is 10.6 Å². The predicted octanol–water partition coefficient (Wildman–Crippen LogP) is 1.24. The maximum absolute atomic E-state index is 11.9. The van der Waals surface area contributed by atoms with Crippen molar-refractivity contribution in [2.75, 3.05) is 18.6 Å². The van der Waals surface area contributed by atoms with E-state index in [2.05, 4.69) is 6.92 Å². The van der Waals surface area contributed by atoms with Gasteiger partial charge in [0.15, 0.2) is 0 Å². The number of primary amides is 1. The molecular formula is C12H22N2O2S. The molecule has 1 aliphatic rings. The average molecular weight is 258 g/mol. The molecule has 0 aromatic carbocycles. The molecule has 0 aromatic heterocycles. The van der Waals surface area contributed by atoms with Gasteiger partial charge in [-0.3, -0.25) is 9.59 Å². The van der Waals surface area contributed by atoms with Crippen LogP contribution in [0.5, 0.6) is 0 Å². The lowest BCUT2D eigenvalue weighted by atomic mass is 9.85. The molecule has 1 fully saturated rings. The number of nitrogens with zero attached hydrogens (tertiary/aromatic N) is 1. The van der Waals surface area contributed by atoms with E-state index in [1.54, 1.807) is 0 Å². The van der Waals surface area contributed by atoms with Crippen LogP contribution >= 0.6 is 11.8 Å². The normalized spacial score (nSPS) is 24.4. The Hall–Kier alpha value is -0.710. The zero-order chi connectivity index (χ0) is 12.8. The summed E-state index contributed by atoms with van der Waals surface area (Å²) in [5, 5.41) is 0. The third-order valence-corrected chi connectivity index (χ3v) is 4.37. The van der Waals surface area contributed by atoms with Crippen molar-refractivity contribution >= 4 is 23.6 Å². The first-order valence-electron chi connectivity index (χ1n) is 6.14. The molecule has 2 atom stereocenters. The van der Waals surface area contributed by atoms with Gasteiger partial charge in [-0.25, -0.2) is 0 Å². The van der Waals surface area contributed by atoms with Gasteiger partial charge in [0.2, 0.25) is 11.8 Å². The van der Waals surface area contributed by atoms with Crippen LogP contribution in [0.15, 0.2) is 0 Å². The third-order valence-electron chi connectivity index (χ3n) is 3.43. The number of amides is 2. The fourth-order valence-corrected chi connectivity index (χ4v) is 3.08. The Labute approximate surface area is 107 Å². The van der Waals surface area contributed by atoms with Crippen molar-refractivity contribution in [1.82, 2.24) is 4.90 Å². The van der Waals surface area contributed by atoms with Crippen LogP contribution in [-0.4, -0.2) is 41.3 Å². The van der Waals surface area contributed by atoms with E-state index in [-0.39, 0.29) is 17.6 Å². The second kappa shape index (κ2) is 6.89. The van der Waals surface area contributed by atoms with Crippen LogP contribution in [0.25, 0.3) is 0 Å². The lowest BCUT2D eigenvalue weighted by Gasteiger charge is -2.36. The minimum atomic E-state index is -0.364. The van der Waals surface area contributed by atoms with E-state index >= 15 is 0 Å². The summed E-state index contributed by atoms with van der Waals surface area (Å²) in [5.41, 5.74) is 5.03. The van der Waals surface area contributed by atoms with Crippen molar-refractivity contribution in [3.63, 3.8) is 0 Å². The maximum Gasteiger partial charge on any atom is 0.232 e. The first-order chi connectivity index (χ1) is 8.02. The SMILES string of the molecule is C[C@@H]1CCCC[C@@H]1N(C)C(=O)CSCC(N)=O. The van der Waals surface area contributed by atoms with Gasteiger partial charge in [0.1, 0.15) is 0 Å². The third kappa shape index (κ3) is 4.58. The largest absolute Gasteiger partial charge is 0.369 e. The van der Waals surface area contributed by atoms with E-state index in [1.807, 2.05) is 11.9 Å². The quantitative estimate of drug-likeness (QED) is 0.807. The fourth-order valence-electron chi connectivity index (χ4n) is 2.40. The molecule has 1 rings (SSSR count). The van der Waals surface area contributed by atoms with Crippen LogP contribution < -0.4 is 5.73 Å². The molecule has 0 radical (unpaired) electrons. The number of carbonyl (C=O) groups is 2. The monoisotopic (exact) mass is 258 g/mol. The van der Waals surface area contributed by atoms with Crippen molar-refractivity contribution in [2.45, 2.75) is 38.6 Å². The highest BCUT2D eigenvalue weighted by molar-refractivity contribution is 8.00. The van der Waals surface area contributed by atoms with E-state index in [0.717, 1.165) is 6.42 Å². The predicted molar refractivity (Wildman–Crippen MR) is 70.7 cm³/mol. The van der Waals surface area contributed by atoms with Crippen LogP contribution in [0.4, 0.5) is 0 Å². The van der Waals surface area contributed by atoms with Gasteiger partial charge in [-0.1, -0.05) is 19.8 Å². The molecule has 0 bridgehead atoms. The second-order valence-electron chi connectivity index (χ2n) is 4.79. The summed E-state index contributed by atoms with van der Waals surface area (Å²) in [6.45, 7) is 2.21. The first-order valence-corrected chi connectivity index (χ1v) is 7.29. The number of hydrogen-bond donors (Lipinski definition) is 1. The van der Waals surface area contributed by atoms with E-state index in [4.69, 9.17) is 5.73 Å². The molecule has 0 aliphatic heterocycles. The lowest BCUT2D eigenvalue weighted by molar-refractivity contribution is -0.130. The molecule has 17 heavy (non-hydrogen) atoms. The zero-order valence-electron chi connectivity index (χ0n) is 10.6. The number of carbonyl (C=O) groups excluding carboxylic acids is 2. The molecule has 4 nitrogen and oxygen atoms in total. The smallest absolute Gasteiger partial charge is 0.232 e. The van der Waals surface area contributed by atoms with Gasteiger partial charge >= 0.3 is 0 Å². The number of hydrogen-bond acceptors (Lipinski definition) is 3. The number of nitrogens with two attached hydrogens (primary N) is 1. The Bertz CT molecular complexity index is 284. The van der Waals surface area contributed by atoms with Crippen LogP contribution in [0, 0.1) is 5.92 Å². The fraction of sp³-hybridized carbons (Fsp3) is 0.833. The Kier molecular flexibility index (Phi) is 5.82. The molecule has 0 aromatic rings. The van der Waals surface area contributed by atoms with E-state index in [9.17, 15) is 9.59 Å². The van der Waals surface area contributed by atoms with E-state index in [1.165, 1.54) is 31.0 Å². The van der Waals surface area contributed by atoms with Crippen LogP contribution in [0.3, 0.4) is 0 Å². The molecule has 0 spiro atoms. The number of rotatable bonds is 5. The summed E-state index contributed by atoms with van der Waals surface area (Å²) in [5.74, 6) is 0.896. The number of thioether (sulfide) groups is 1. The van der Waals surface area contributed by atoms with Gasteiger partial charge in [-0.2, -0.15) is 0 Å². The Morgan fingerprint density at radius 2 is 1.94 bits per heavy atom.